The van der Waals surface area contributed by atoms with Gasteiger partial charge in [0.2, 0.25) is 0 Å². The van der Waals surface area contributed by atoms with E-state index in [4.69, 9.17) is 9.47 Å². The van der Waals surface area contributed by atoms with Crippen molar-refractivity contribution in [1.29, 1.82) is 0 Å². The molecule has 220 valence electrons. The lowest BCUT2D eigenvalue weighted by atomic mass is 9.71. The summed E-state index contributed by atoms with van der Waals surface area (Å²) >= 11 is 0. The Morgan fingerprint density at radius 3 is 1.88 bits per heavy atom. The van der Waals surface area contributed by atoms with Crippen LogP contribution in [0, 0.1) is 11.7 Å². The lowest BCUT2D eigenvalue weighted by Gasteiger charge is -2.37. The Labute approximate surface area is 248 Å². The van der Waals surface area contributed by atoms with Gasteiger partial charge in [-0.3, -0.25) is 9.69 Å². The number of carboxylic acids is 1. The number of anilines is 1. The molecule has 8 nitrogen and oxygen atoms in total. The van der Waals surface area contributed by atoms with E-state index in [-0.39, 0.29) is 11.5 Å². The molecule has 4 unspecified atom stereocenters. The largest absolute Gasteiger partial charge is 0.497 e. The first kappa shape index (κ1) is 29.3. The van der Waals surface area contributed by atoms with Crippen molar-refractivity contribution in [2.24, 2.45) is 5.92 Å². The maximum atomic E-state index is 14.6. The maximum absolute atomic E-state index is 14.6. The van der Waals surface area contributed by atoms with Crippen LogP contribution in [0.4, 0.5) is 14.9 Å². The van der Waals surface area contributed by atoms with Crippen molar-refractivity contribution in [3.8, 4) is 11.5 Å². The molecule has 4 aromatic carbocycles. The van der Waals surface area contributed by atoms with Crippen LogP contribution < -0.4 is 14.8 Å². The van der Waals surface area contributed by atoms with E-state index in [9.17, 15) is 23.9 Å². The first-order chi connectivity index (χ1) is 20.7. The Balaban J connectivity index is 1.74. The number of aliphatic carboxylic acids is 1. The average Bonchev–Trinajstić information content (AvgIpc) is 3.32. The average molecular weight is 583 g/mol. The summed E-state index contributed by atoms with van der Waals surface area (Å²) in [6, 6.07) is 25.8. The van der Waals surface area contributed by atoms with E-state index in [1.165, 1.54) is 50.3 Å². The fraction of sp³-hybridized carbons (Fsp3) is 0.206. The van der Waals surface area contributed by atoms with Gasteiger partial charge in [0.05, 0.1) is 26.2 Å². The van der Waals surface area contributed by atoms with Crippen molar-refractivity contribution in [2.75, 3.05) is 19.5 Å². The van der Waals surface area contributed by atoms with Gasteiger partial charge < -0.3 is 19.9 Å². The van der Waals surface area contributed by atoms with Gasteiger partial charge in [-0.05, 0) is 78.7 Å². The summed E-state index contributed by atoms with van der Waals surface area (Å²) in [5, 5.41) is 13.6. The lowest BCUT2D eigenvalue weighted by Crippen LogP contribution is -2.55. The Bertz CT molecular complexity index is 1610. The number of carboxylic acid groups (broad SMARTS) is 1. The minimum Gasteiger partial charge on any atom is -0.497 e. The number of amides is 2. The highest BCUT2D eigenvalue weighted by Crippen LogP contribution is 2.56. The second kappa shape index (κ2) is 12.0. The first-order valence-corrected chi connectivity index (χ1v) is 13.7. The maximum Gasteiger partial charge on any atom is 0.330 e. The number of benzene rings is 4. The van der Waals surface area contributed by atoms with Crippen LogP contribution in [0.1, 0.15) is 40.4 Å². The molecule has 4 aromatic rings. The molecule has 1 fully saturated rings. The molecule has 5 rings (SSSR count). The Morgan fingerprint density at radius 2 is 1.35 bits per heavy atom. The van der Waals surface area contributed by atoms with Crippen LogP contribution in [0.3, 0.4) is 0 Å². The van der Waals surface area contributed by atoms with Crippen molar-refractivity contribution < 1.29 is 33.4 Å². The zero-order valence-corrected chi connectivity index (χ0v) is 23.9. The highest BCUT2D eigenvalue weighted by molar-refractivity contribution is 6.03. The van der Waals surface area contributed by atoms with Gasteiger partial charge in [-0.1, -0.05) is 42.5 Å². The highest BCUT2D eigenvalue weighted by Gasteiger charge is 2.65. The van der Waals surface area contributed by atoms with Crippen LogP contribution in [-0.2, 0) is 4.79 Å². The summed E-state index contributed by atoms with van der Waals surface area (Å²) in [6.45, 7) is 1.47. The molecule has 1 saturated heterocycles. The Hall–Kier alpha value is -5.18. The predicted molar refractivity (Wildman–Crippen MR) is 159 cm³/mol. The summed E-state index contributed by atoms with van der Waals surface area (Å²) in [5.41, 5.74) is -0.127. The van der Waals surface area contributed by atoms with Crippen molar-refractivity contribution in [3.05, 3.63) is 126 Å². The summed E-state index contributed by atoms with van der Waals surface area (Å²) in [5.74, 6) is -2.94. The van der Waals surface area contributed by atoms with Gasteiger partial charge in [-0.2, -0.15) is 0 Å². The number of rotatable bonds is 8. The molecule has 4 atom stereocenters. The van der Waals surface area contributed by atoms with Crippen LogP contribution in [-0.4, -0.2) is 47.5 Å². The molecule has 0 bridgehead atoms. The van der Waals surface area contributed by atoms with Crippen LogP contribution in [0.25, 0.3) is 0 Å². The molecule has 0 aliphatic carbocycles. The predicted octanol–water partition coefficient (Wildman–Crippen LogP) is 6.56. The third kappa shape index (κ3) is 5.41. The van der Waals surface area contributed by atoms with Gasteiger partial charge in [0.15, 0.2) is 5.78 Å². The normalized spacial score (nSPS) is 21.2. The number of ketones is 1. The van der Waals surface area contributed by atoms with Crippen LogP contribution in [0.5, 0.6) is 11.5 Å². The summed E-state index contributed by atoms with van der Waals surface area (Å²) < 4.78 is 24.2. The molecule has 0 aromatic heterocycles. The molecule has 1 aliphatic heterocycles. The second-order valence-corrected chi connectivity index (χ2v) is 10.5. The summed E-state index contributed by atoms with van der Waals surface area (Å²) in [6.07, 6.45) is 0. The third-order valence-electron chi connectivity index (χ3n) is 8.12. The van der Waals surface area contributed by atoms with Crippen molar-refractivity contribution in [1.82, 2.24) is 4.90 Å². The molecule has 1 aliphatic rings. The molecule has 43 heavy (non-hydrogen) atoms. The summed E-state index contributed by atoms with van der Waals surface area (Å²) in [4.78, 5) is 43.4. The molecule has 0 spiro atoms. The number of nitrogens with zero attached hydrogens (tertiary/aromatic N) is 1. The first-order valence-electron chi connectivity index (χ1n) is 13.7. The summed E-state index contributed by atoms with van der Waals surface area (Å²) in [7, 11) is 3.05. The van der Waals surface area contributed by atoms with Crippen LogP contribution >= 0.6 is 0 Å². The van der Waals surface area contributed by atoms with Gasteiger partial charge >= 0.3 is 12.0 Å². The monoisotopic (exact) mass is 582 g/mol. The van der Waals surface area contributed by atoms with E-state index in [0.717, 1.165) is 0 Å². The van der Waals surface area contributed by atoms with Crippen LogP contribution in [0.15, 0.2) is 103 Å². The minimum atomic E-state index is -1.89. The lowest BCUT2D eigenvalue weighted by molar-refractivity contribution is -0.148. The number of carbonyl (C=O) groups is 3. The Morgan fingerprint density at radius 1 is 0.791 bits per heavy atom. The number of ether oxygens (including phenoxy) is 2. The topological polar surface area (TPSA) is 105 Å². The fourth-order valence-corrected chi connectivity index (χ4v) is 6.01. The van der Waals surface area contributed by atoms with Gasteiger partial charge in [-0.25, -0.2) is 14.0 Å². The number of likely N-dealkylation sites (tertiary alicyclic amines) is 1. The molecular formula is C34H31FN2O6. The van der Waals surface area contributed by atoms with Gasteiger partial charge in [0.25, 0.3) is 0 Å². The van der Waals surface area contributed by atoms with E-state index in [1.54, 1.807) is 78.9 Å². The number of nitrogens with one attached hydrogen (secondary N) is 1. The van der Waals surface area contributed by atoms with E-state index in [0.29, 0.717) is 28.2 Å². The van der Waals surface area contributed by atoms with Crippen molar-refractivity contribution >= 4 is 23.5 Å². The van der Waals surface area contributed by atoms with Gasteiger partial charge in [0, 0.05) is 17.2 Å². The number of halogens is 1. The van der Waals surface area contributed by atoms with E-state index < -0.39 is 41.2 Å². The van der Waals surface area contributed by atoms with Crippen molar-refractivity contribution in [3.63, 3.8) is 0 Å². The van der Waals surface area contributed by atoms with Gasteiger partial charge in [-0.15, -0.1) is 0 Å². The van der Waals surface area contributed by atoms with E-state index >= 15 is 0 Å². The zero-order chi connectivity index (χ0) is 30.7. The zero-order valence-electron chi connectivity index (χ0n) is 23.9. The molecule has 0 radical (unpaired) electrons. The molecule has 9 heteroatoms. The SMILES string of the molecule is COc1ccc(C(=O)C2C(c3ccc(OC)cc3)N(C(=O)Nc3ccc(F)cc3)C(C)(C(=O)O)C2c2ccccc2)cc1. The fourth-order valence-electron chi connectivity index (χ4n) is 6.01. The molecular weight excluding hydrogens is 551 g/mol. The smallest absolute Gasteiger partial charge is 0.330 e. The second-order valence-electron chi connectivity index (χ2n) is 10.5. The van der Waals surface area contributed by atoms with Crippen molar-refractivity contribution in [2.45, 2.75) is 24.4 Å². The molecule has 0 saturated carbocycles. The third-order valence-corrected chi connectivity index (χ3v) is 8.12. The number of methoxy groups -OCH3 is 2. The number of Topliss-reactive ketones (excluding diaryl/α,β-unsaturated/α-hetero) is 1. The molecule has 2 amide bonds. The number of urea groups is 1. The van der Waals surface area contributed by atoms with Gasteiger partial charge in [0.1, 0.15) is 22.9 Å². The number of hydrogen-bond acceptors (Lipinski definition) is 5. The highest BCUT2D eigenvalue weighted by atomic mass is 19.1. The minimum absolute atomic E-state index is 0.272. The van der Waals surface area contributed by atoms with E-state index in [1.807, 2.05) is 0 Å². The number of hydrogen-bond donors (Lipinski definition) is 2. The van der Waals surface area contributed by atoms with E-state index in [2.05, 4.69) is 5.32 Å². The molecule has 2 N–H and O–H groups in total. The Kier molecular flexibility index (Phi) is 8.16. The quantitative estimate of drug-likeness (QED) is 0.228. The number of carbonyl (C=O) groups excluding carboxylic acids is 2. The molecule has 1 heterocycles. The standard InChI is InChI=1S/C34H31FN2O6/c1-34(32(39)40)29(21-7-5-4-6-8-21)28(31(38)23-11-19-27(43-3)20-12-23)30(22-9-17-26(42-2)18-10-22)37(34)33(41)36-25-15-13-24(35)14-16-25/h4-20,28-30H,1-3H3,(H,36,41)(H,39,40). The van der Waals surface area contributed by atoms with Crippen LogP contribution in [0.2, 0.25) is 0 Å².